The summed E-state index contributed by atoms with van der Waals surface area (Å²) in [7, 11) is 0. The lowest BCUT2D eigenvalue weighted by Crippen LogP contribution is -2.45. The minimum absolute atomic E-state index is 0.152. The van der Waals surface area contributed by atoms with E-state index in [9.17, 15) is 19.8 Å². The fourth-order valence-corrected chi connectivity index (χ4v) is 1.09. The van der Waals surface area contributed by atoms with Gasteiger partial charge in [-0.05, 0) is 20.9 Å². The molecule has 2 rings (SSSR count). The molecule has 0 saturated heterocycles. The molecule has 0 aromatic carbocycles. The summed E-state index contributed by atoms with van der Waals surface area (Å²) in [5, 5.41) is 46.9. The zero-order valence-corrected chi connectivity index (χ0v) is 9.55. The lowest BCUT2D eigenvalue weighted by molar-refractivity contribution is -0.140. The van der Waals surface area contributed by atoms with Crippen LogP contribution in [0.2, 0.25) is 0 Å². The number of carbonyl (C=O) groups is 2. The smallest absolute Gasteiger partial charge is 0.258 e. The molecule has 0 saturated carbocycles. The maximum Gasteiger partial charge on any atom is 0.258 e. The van der Waals surface area contributed by atoms with Crippen molar-refractivity contribution in [2.24, 2.45) is 0 Å². The summed E-state index contributed by atoms with van der Waals surface area (Å²) in [6.07, 6.45) is -4.09. The minimum Gasteiger partial charge on any atom is -0.380 e. The van der Waals surface area contributed by atoms with Gasteiger partial charge in [0.25, 0.3) is 11.8 Å². The second kappa shape index (κ2) is 5.76. The summed E-state index contributed by atoms with van der Waals surface area (Å²) < 4.78 is 0. The maximum absolute atomic E-state index is 11.5. The highest BCUT2D eigenvalue weighted by Gasteiger charge is 2.31. The van der Waals surface area contributed by atoms with E-state index in [0.29, 0.717) is 0 Å². The standard InChI is InChI=1S/C6H8N10O4/c17-1(3(19)7-5-9-13-14-10-5)2(18)4(20)8-6-11-15-16-12-6/h1-2,17-18H,(H2,7,9,10,13,14,19)(H2,8,11,12,15,16,20). The Morgan fingerprint density at radius 3 is 1.60 bits per heavy atom. The van der Waals surface area contributed by atoms with Crippen molar-refractivity contribution in [3.05, 3.63) is 0 Å². The molecule has 0 aliphatic rings. The van der Waals surface area contributed by atoms with E-state index in [-0.39, 0.29) is 11.9 Å². The van der Waals surface area contributed by atoms with Crippen LogP contribution in [0, 0.1) is 0 Å². The van der Waals surface area contributed by atoms with Crippen LogP contribution in [0.25, 0.3) is 0 Å². The number of aliphatic hydroxyl groups excluding tert-OH is 2. The number of anilines is 2. The molecule has 2 amide bonds. The van der Waals surface area contributed by atoms with Gasteiger partial charge in [0, 0.05) is 0 Å². The van der Waals surface area contributed by atoms with Crippen molar-refractivity contribution in [3.63, 3.8) is 0 Å². The van der Waals surface area contributed by atoms with Crippen LogP contribution in [0.15, 0.2) is 0 Å². The van der Waals surface area contributed by atoms with E-state index in [2.05, 4.69) is 41.2 Å². The highest BCUT2D eigenvalue weighted by molar-refractivity contribution is 6.00. The Kier molecular flexibility index (Phi) is 3.87. The molecule has 2 aromatic rings. The molecular weight excluding hydrogens is 276 g/mol. The van der Waals surface area contributed by atoms with Gasteiger partial charge in [0.1, 0.15) is 0 Å². The number of nitrogens with one attached hydrogen (secondary N) is 4. The Morgan fingerprint density at radius 2 is 1.30 bits per heavy atom. The van der Waals surface area contributed by atoms with E-state index < -0.39 is 24.0 Å². The highest BCUT2D eigenvalue weighted by atomic mass is 16.3. The van der Waals surface area contributed by atoms with Crippen LogP contribution in [0.4, 0.5) is 11.9 Å². The van der Waals surface area contributed by atoms with E-state index in [1.807, 2.05) is 10.6 Å². The van der Waals surface area contributed by atoms with Gasteiger partial charge >= 0.3 is 0 Å². The second-order valence-electron chi connectivity index (χ2n) is 3.37. The topological polar surface area (TPSA) is 208 Å². The van der Waals surface area contributed by atoms with Crippen molar-refractivity contribution >= 4 is 23.7 Å². The number of aromatic amines is 2. The Hall–Kier alpha value is -3.00. The first kappa shape index (κ1) is 13.4. The lowest BCUT2D eigenvalue weighted by atomic mass is 10.2. The molecule has 0 radical (unpaired) electrons. The van der Waals surface area contributed by atoms with Crippen molar-refractivity contribution in [1.29, 1.82) is 0 Å². The lowest BCUT2D eigenvalue weighted by Gasteiger charge is -2.15. The fourth-order valence-electron chi connectivity index (χ4n) is 1.09. The molecular formula is C6H8N10O4. The van der Waals surface area contributed by atoms with Gasteiger partial charge in [-0.15, -0.1) is 0 Å². The van der Waals surface area contributed by atoms with E-state index in [1.54, 1.807) is 0 Å². The number of carbonyl (C=O) groups excluding carboxylic acids is 2. The molecule has 6 N–H and O–H groups in total. The van der Waals surface area contributed by atoms with Gasteiger partial charge in [0.15, 0.2) is 12.2 Å². The molecule has 2 heterocycles. The predicted octanol–water partition coefficient (Wildman–Crippen LogP) is -3.99. The molecule has 14 heteroatoms. The molecule has 0 spiro atoms. The Balaban J connectivity index is 1.91. The summed E-state index contributed by atoms with van der Waals surface area (Å²) in [4.78, 5) is 23.0. The number of H-pyrrole nitrogens is 2. The molecule has 0 bridgehead atoms. The molecule has 14 nitrogen and oxygen atoms in total. The minimum atomic E-state index is -2.05. The van der Waals surface area contributed by atoms with Gasteiger partial charge in [-0.2, -0.15) is 0 Å². The molecule has 20 heavy (non-hydrogen) atoms. The quantitative estimate of drug-likeness (QED) is 0.313. The van der Waals surface area contributed by atoms with Crippen LogP contribution < -0.4 is 10.6 Å². The summed E-state index contributed by atoms with van der Waals surface area (Å²) in [6, 6.07) is 0. The molecule has 2 unspecified atom stereocenters. The highest BCUT2D eigenvalue weighted by Crippen LogP contribution is 2.02. The Labute approximate surface area is 109 Å². The van der Waals surface area contributed by atoms with Gasteiger partial charge in [0.2, 0.25) is 11.9 Å². The first-order chi connectivity index (χ1) is 9.58. The van der Waals surface area contributed by atoms with Crippen LogP contribution in [0.1, 0.15) is 0 Å². The van der Waals surface area contributed by atoms with Crippen molar-refractivity contribution in [3.8, 4) is 0 Å². The van der Waals surface area contributed by atoms with E-state index in [4.69, 9.17) is 0 Å². The fraction of sp³-hybridized carbons (Fsp3) is 0.333. The zero-order valence-electron chi connectivity index (χ0n) is 9.55. The molecule has 0 aliphatic carbocycles. The number of tetrazole rings is 2. The number of aromatic nitrogens is 8. The van der Waals surface area contributed by atoms with E-state index in [1.165, 1.54) is 0 Å². The normalized spacial score (nSPS) is 13.5. The van der Waals surface area contributed by atoms with Crippen LogP contribution in [0.3, 0.4) is 0 Å². The number of hydrogen-bond acceptors (Lipinski definition) is 10. The van der Waals surface area contributed by atoms with Crippen molar-refractivity contribution in [1.82, 2.24) is 41.2 Å². The third-order valence-electron chi connectivity index (χ3n) is 2.01. The molecule has 2 atom stereocenters. The van der Waals surface area contributed by atoms with E-state index >= 15 is 0 Å². The van der Waals surface area contributed by atoms with Gasteiger partial charge in [-0.25, -0.2) is 10.2 Å². The first-order valence-corrected chi connectivity index (χ1v) is 5.03. The number of rotatable bonds is 5. The van der Waals surface area contributed by atoms with Gasteiger partial charge in [0.05, 0.1) is 0 Å². The van der Waals surface area contributed by atoms with Crippen LogP contribution in [-0.2, 0) is 9.59 Å². The summed E-state index contributed by atoms with van der Waals surface area (Å²) >= 11 is 0. The average Bonchev–Trinajstić information content (AvgIpc) is 3.10. The molecule has 0 aliphatic heterocycles. The van der Waals surface area contributed by atoms with Crippen molar-refractivity contribution < 1.29 is 19.8 Å². The van der Waals surface area contributed by atoms with Crippen molar-refractivity contribution in [2.75, 3.05) is 10.6 Å². The Bertz CT molecular complexity index is 514. The van der Waals surface area contributed by atoms with Crippen molar-refractivity contribution in [2.45, 2.75) is 12.2 Å². The first-order valence-electron chi connectivity index (χ1n) is 5.03. The average molecular weight is 284 g/mol. The number of nitrogens with zero attached hydrogens (tertiary/aromatic N) is 6. The molecule has 0 fully saturated rings. The van der Waals surface area contributed by atoms with Gasteiger partial charge in [-0.3, -0.25) is 20.2 Å². The van der Waals surface area contributed by atoms with Crippen LogP contribution in [0.5, 0.6) is 0 Å². The third kappa shape index (κ3) is 3.06. The van der Waals surface area contributed by atoms with Gasteiger partial charge in [-0.1, -0.05) is 10.2 Å². The summed E-state index contributed by atoms with van der Waals surface area (Å²) in [5.41, 5.74) is 0. The molecule has 2 aromatic heterocycles. The zero-order chi connectivity index (χ0) is 14.5. The monoisotopic (exact) mass is 284 g/mol. The van der Waals surface area contributed by atoms with Crippen LogP contribution >= 0.6 is 0 Å². The maximum atomic E-state index is 11.5. The number of hydrogen-bond donors (Lipinski definition) is 6. The summed E-state index contributed by atoms with van der Waals surface area (Å²) in [5.74, 6) is -2.47. The Morgan fingerprint density at radius 1 is 0.900 bits per heavy atom. The predicted molar refractivity (Wildman–Crippen MR) is 57.6 cm³/mol. The number of amides is 2. The van der Waals surface area contributed by atoms with E-state index in [0.717, 1.165) is 0 Å². The van der Waals surface area contributed by atoms with Crippen LogP contribution in [-0.4, -0.2) is 75.5 Å². The number of aliphatic hydroxyl groups is 2. The third-order valence-corrected chi connectivity index (χ3v) is 2.01. The second-order valence-corrected chi connectivity index (χ2v) is 3.37. The largest absolute Gasteiger partial charge is 0.380 e. The summed E-state index contributed by atoms with van der Waals surface area (Å²) in [6.45, 7) is 0. The van der Waals surface area contributed by atoms with Gasteiger partial charge < -0.3 is 10.2 Å². The SMILES string of the molecule is O=C(Nc1nnn[nH]1)C(O)C(O)C(=O)Nc1nnn[nH]1. The molecule has 106 valence electrons.